The summed E-state index contributed by atoms with van der Waals surface area (Å²) < 4.78 is 32.1. The molecule has 10 heteroatoms. The van der Waals surface area contributed by atoms with E-state index in [2.05, 4.69) is 30.9 Å². The van der Waals surface area contributed by atoms with Crippen LogP contribution in [-0.4, -0.2) is 89.4 Å². The van der Waals surface area contributed by atoms with Crippen LogP contribution in [0.15, 0.2) is 41.0 Å². The number of morpholine rings is 1. The van der Waals surface area contributed by atoms with Crippen LogP contribution in [0.1, 0.15) is 103 Å². The normalized spacial score (nSPS) is 34.8. The Kier molecular flexibility index (Phi) is 8.98. The van der Waals surface area contributed by atoms with E-state index in [0.29, 0.717) is 61.6 Å². The Morgan fingerprint density at radius 2 is 1.66 bits per heavy atom. The quantitative estimate of drug-likeness (QED) is 0.167. The van der Waals surface area contributed by atoms with Crippen molar-refractivity contribution in [3.8, 4) is 17.2 Å². The number of phenolic OH excluding ortho intramolecular Hbond substituents is 1. The van der Waals surface area contributed by atoms with Crippen LogP contribution in [0, 0.1) is 17.3 Å². The topological polar surface area (TPSA) is 121 Å². The number of hydrogen-bond donors (Lipinski definition) is 1. The van der Waals surface area contributed by atoms with E-state index >= 15 is 9.59 Å². The molecule has 1 N–H and O–H groups in total. The fraction of sp³-hybridized carbons (Fsp3) is 0.605. The lowest BCUT2D eigenvalue weighted by Crippen LogP contribution is -2.72. The number of Topliss-reactive ketones (excluding diaryl/α,β-unsaturated/α-hetero) is 2. The zero-order chi connectivity index (χ0) is 38.5. The highest BCUT2D eigenvalue weighted by Crippen LogP contribution is 2.78. The van der Waals surface area contributed by atoms with Gasteiger partial charge in [-0.2, -0.15) is 0 Å². The van der Waals surface area contributed by atoms with Gasteiger partial charge in [0.2, 0.25) is 0 Å². The Hall–Kier alpha value is -3.73. The van der Waals surface area contributed by atoms with E-state index in [-0.39, 0.29) is 35.0 Å². The van der Waals surface area contributed by atoms with Crippen LogP contribution in [0.5, 0.6) is 17.2 Å². The summed E-state index contributed by atoms with van der Waals surface area (Å²) in [5, 5.41) is 12.2. The van der Waals surface area contributed by atoms with Crippen molar-refractivity contribution in [3.05, 3.63) is 57.7 Å². The standard InChI is InChI=1S/C43H55NO9/c1-24(2)12-11-17-40(8)18-16-27-31(45)29-32(46)30-35(44-20-22-50-23-21-44)41(9)37-39(6,7)53-42(38(41)48,19-15-26(5)36(47)49-10)43(30,37)52-34(29)28(33(27)51-40)14-13-25(3)4/h12-13,15-16,18,30,35,37,45H,11,14,17,19-23H2,1-10H3/b26-15-. The van der Waals surface area contributed by atoms with E-state index < -0.39 is 51.7 Å². The van der Waals surface area contributed by atoms with Gasteiger partial charge in [0.05, 0.1) is 42.8 Å². The van der Waals surface area contributed by atoms with E-state index in [1.807, 2.05) is 53.7 Å². The van der Waals surface area contributed by atoms with Crippen molar-refractivity contribution in [2.24, 2.45) is 17.3 Å². The second-order valence-electron chi connectivity index (χ2n) is 17.3. The molecule has 2 saturated heterocycles. The molecule has 2 aliphatic carbocycles. The molecule has 4 fully saturated rings. The molecular weight excluding hydrogens is 674 g/mol. The van der Waals surface area contributed by atoms with E-state index in [0.717, 1.165) is 12.0 Å². The van der Waals surface area contributed by atoms with Crippen molar-refractivity contribution in [1.29, 1.82) is 0 Å². The molecule has 7 atom stereocenters. The van der Waals surface area contributed by atoms with Crippen molar-refractivity contribution in [3.63, 3.8) is 0 Å². The molecule has 0 amide bonds. The molecule has 4 aliphatic heterocycles. The third kappa shape index (κ3) is 5.18. The minimum Gasteiger partial charge on any atom is -0.506 e. The Labute approximate surface area is 313 Å². The molecular formula is C43H55NO9. The van der Waals surface area contributed by atoms with Gasteiger partial charge in [-0.1, -0.05) is 36.3 Å². The summed E-state index contributed by atoms with van der Waals surface area (Å²) in [5.74, 6) is -1.78. The number of fused-ring (bicyclic) bond motifs is 2. The summed E-state index contributed by atoms with van der Waals surface area (Å²) in [6.45, 7) is 19.8. The summed E-state index contributed by atoms with van der Waals surface area (Å²) in [6.07, 6.45) is 11.7. The van der Waals surface area contributed by atoms with Crippen molar-refractivity contribution < 1.29 is 43.2 Å². The lowest BCUT2D eigenvalue weighted by Gasteiger charge is -2.55. The van der Waals surface area contributed by atoms with Crippen LogP contribution < -0.4 is 9.47 Å². The van der Waals surface area contributed by atoms with E-state index in [1.165, 1.54) is 12.7 Å². The number of phenols is 1. The number of aromatic hydroxyl groups is 1. The highest BCUT2D eigenvalue weighted by molar-refractivity contribution is 6.12. The predicted octanol–water partition coefficient (Wildman–Crippen LogP) is 6.72. The monoisotopic (exact) mass is 729 g/mol. The Bertz CT molecular complexity index is 1890. The van der Waals surface area contributed by atoms with Gasteiger partial charge in [0.1, 0.15) is 28.4 Å². The SMILES string of the molecule is COC(=O)/C(C)=C\CC12OC(C)(C)C3C(C)(C1=O)C(N1CCOCC1)C1C(=O)c4c(O)c5c(c(CC=C(C)C)c4OC132)OC(C)(CCC=C(C)C)C=C5. The van der Waals surface area contributed by atoms with Crippen LogP contribution in [0.3, 0.4) is 0 Å². The summed E-state index contributed by atoms with van der Waals surface area (Å²) >= 11 is 0. The fourth-order valence-corrected chi connectivity index (χ4v) is 10.9. The van der Waals surface area contributed by atoms with Crippen LogP contribution in [0.25, 0.3) is 6.08 Å². The smallest absolute Gasteiger partial charge is 0.333 e. The number of carbonyl (C=O) groups excluding carboxylic acids is 3. The highest BCUT2D eigenvalue weighted by atomic mass is 16.6. The van der Waals surface area contributed by atoms with Gasteiger partial charge in [0.25, 0.3) is 0 Å². The molecule has 7 unspecified atom stereocenters. The molecule has 1 spiro atoms. The number of rotatable bonds is 9. The molecule has 1 aromatic carbocycles. The number of methoxy groups -OCH3 is 1. The van der Waals surface area contributed by atoms with Gasteiger partial charge in [0, 0.05) is 42.6 Å². The first-order chi connectivity index (χ1) is 24.9. The van der Waals surface area contributed by atoms with E-state index in [4.69, 9.17) is 23.7 Å². The zero-order valence-corrected chi connectivity index (χ0v) is 32.9. The van der Waals surface area contributed by atoms with Gasteiger partial charge >= 0.3 is 5.97 Å². The molecule has 286 valence electrons. The number of nitrogens with zero attached hydrogens (tertiary/aromatic N) is 1. The van der Waals surface area contributed by atoms with Gasteiger partial charge < -0.3 is 28.8 Å². The molecule has 2 saturated carbocycles. The van der Waals surface area contributed by atoms with Gasteiger partial charge in [-0.3, -0.25) is 14.5 Å². The van der Waals surface area contributed by atoms with Gasteiger partial charge in [-0.05, 0) is 86.8 Å². The average molecular weight is 730 g/mol. The van der Waals surface area contributed by atoms with Crippen molar-refractivity contribution in [2.45, 2.75) is 116 Å². The second-order valence-corrected chi connectivity index (χ2v) is 17.3. The molecule has 1 aromatic rings. The maximum absolute atomic E-state index is 15.6. The predicted molar refractivity (Wildman–Crippen MR) is 200 cm³/mol. The molecule has 0 aromatic heterocycles. The number of hydrogen-bond acceptors (Lipinski definition) is 10. The van der Waals surface area contributed by atoms with Gasteiger partial charge in [-0.25, -0.2) is 4.79 Å². The van der Waals surface area contributed by atoms with E-state index in [9.17, 15) is 9.90 Å². The van der Waals surface area contributed by atoms with Crippen LogP contribution >= 0.6 is 0 Å². The third-order valence-electron chi connectivity index (χ3n) is 12.8. The lowest BCUT2D eigenvalue weighted by molar-refractivity contribution is -0.205. The molecule has 4 bridgehead atoms. The Morgan fingerprint density at radius 3 is 2.30 bits per heavy atom. The first-order valence-corrected chi connectivity index (χ1v) is 19.0. The fourth-order valence-electron chi connectivity index (χ4n) is 10.9. The highest BCUT2D eigenvalue weighted by Gasteiger charge is 2.95. The molecule has 10 nitrogen and oxygen atoms in total. The zero-order valence-electron chi connectivity index (χ0n) is 32.9. The van der Waals surface area contributed by atoms with Crippen LogP contribution in [0.2, 0.25) is 0 Å². The maximum atomic E-state index is 15.6. The minimum atomic E-state index is -1.61. The molecule has 53 heavy (non-hydrogen) atoms. The number of carbonyl (C=O) groups is 3. The molecule has 0 radical (unpaired) electrons. The van der Waals surface area contributed by atoms with Crippen LogP contribution in [-0.2, 0) is 30.2 Å². The van der Waals surface area contributed by atoms with Crippen molar-refractivity contribution in [1.82, 2.24) is 4.90 Å². The Balaban J connectivity index is 1.49. The first-order valence-electron chi connectivity index (χ1n) is 19.0. The number of ketones is 2. The van der Waals surface area contributed by atoms with Crippen LogP contribution in [0.4, 0.5) is 0 Å². The van der Waals surface area contributed by atoms with E-state index in [1.54, 1.807) is 13.0 Å². The summed E-state index contributed by atoms with van der Waals surface area (Å²) in [6, 6.07) is -0.534. The van der Waals surface area contributed by atoms with Crippen molar-refractivity contribution in [2.75, 3.05) is 33.4 Å². The van der Waals surface area contributed by atoms with Gasteiger partial charge in [0.15, 0.2) is 22.8 Å². The molecule has 4 heterocycles. The first kappa shape index (κ1) is 37.6. The number of ether oxygens (including phenoxy) is 5. The summed E-state index contributed by atoms with van der Waals surface area (Å²) in [4.78, 5) is 45.8. The Morgan fingerprint density at radius 1 is 0.981 bits per heavy atom. The largest absolute Gasteiger partial charge is 0.506 e. The average Bonchev–Trinajstić information content (AvgIpc) is 3.54. The second kappa shape index (κ2) is 12.7. The molecule has 6 aliphatic rings. The number of esters is 1. The number of allylic oxidation sites excluding steroid dienone is 4. The lowest BCUT2D eigenvalue weighted by atomic mass is 9.61. The molecule has 7 rings (SSSR count). The number of benzene rings is 1. The summed E-state index contributed by atoms with van der Waals surface area (Å²) in [5.41, 5.74) is -1.87. The van der Waals surface area contributed by atoms with Gasteiger partial charge in [-0.15, -0.1) is 0 Å². The summed E-state index contributed by atoms with van der Waals surface area (Å²) in [7, 11) is 1.32. The maximum Gasteiger partial charge on any atom is 0.333 e. The third-order valence-corrected chi connectivity index (χ3v) is 12.8. The van der Waals surface area contributed by atoms with Crippen molar-refractivity contribution >= 4 is 23.6 Å². The minimum absolute atomic E-state index is 0.0130.